The lowest BCUT2D eigenvalue weighted by Crippen LogP contribution is -2.47. The molecule has 3 unspecified atom stereocenters. The Hall–Kier alpha value is -2.55. The maximum absolute atomic E-state index is 13.5. The van der Waals surface area contributed by atoms with Gasteiger partial charge in [-0.1, -0.05) is 280 Å². The van der Waals surface area contributed by atoms with Crippen molar-refractivity contribution in [3.63, 3.8) is 0 Å². The van der Waals surface area contributed by atoms with E-state index in [0.29, 0.717) is 17.4 Å². The number of carbonyl (C=O) groups is 2. The second-order valence-corrected chi connectivity index (χ2v) is 24.7. The average Bonchev–Trinajstić information content (AvgIpc) is 3.40. The summed E-state index contributed by atoms with van der Waals surface area (Å²) in [5.41, 5.74) is 0. The van der Waals surface area contributed by atoms with Gasteiger partial charge in [-0.25, -0.2) is 4.57 Å². The van der Waals surface area contributed by atoms with Crippen LogP contribution in [-0.2, 0) is 27.9 Å². The number of hydrogen-bond donors (Lipinski definition) is 2. The maximum atomic E-state index is 13.5. The SMILES string of the molecule is CC/C=C\C/C=C\C/C=C\C/C=C\C/C=C\CCCCCCCCCCCC(=O)OC(/C=C\CCCCCCCCCCCCC)C(COP(=O)(O)OCC[N+](C)(C)C)NC(=O)CCCCCCCCCCCCCCCC. The molecule has 0 fully saturated rings. The summed E-state index contributed by atoms with van der Waals surface area (Å²) < 4.78 is 30.7. The van der Waals surface area contributed by atoms with Crippen LogP contribution in [0, 0.1) is 0 Å². The number of amides is 1. The maximum Gasteiger partial charge on any atom is 0.472 e. The quantitative estimate of drug-likeness (QED) is 0.0205. The fourth-order valence-corrected chi connectivity index (χ4v) is 10.1. The third kappa shape index (κ3) is 58.1. The van der Waals surface area contributed by atoms with Gasteiger partial charge in [-0.15, -0.1) is 0 Å². The van der Waals surface area contributed by atoms with Crippen molar-refractivity contribution in [3.8, 4) is 0 Å². The Morgan fingerprint density at radius 3 is 1.23 bits per heavy atom. The molecule has 454 valence electrons. The van der Waals surface area contributed by atoms with Crippen molar-refractivity contribution in [2.75, 3.05) is 40.9 Å². The minimum absolute atomic E-state index is 0.0388. The number of esters is 1. The topological polar surface area (TPSA) is 111 Å². The number of unbranched alkanes of at least 4 members (excludes halogenated alkanes) is 33. The third-order valence-electron chi connectivity index (χ3n) is 14.4. The first-order chi connectivity index (χ1) is 37.9. The van der Waals surface area contributed by atoms with Gasteiger partial charge in [-0.3, -0.25) is 18.6 Å². The molecule has 78 heavy (non-hydrogen) atoms. The fraction of sp³-hybridized carbons (Fsp3) is 0.794. The van der Waals surface area contributed by atoms with Crippen molar-refractivity contribution in [2.24, 2.45) is 0 Å². The number of allylic oxidation sites excluding steroid dienone is 11. The molecule has 0 rings (SSSR count). The van der Waals surface area contributed by atoms with Crippen molar-refractivity contribution in [1.82, 2.24) is 5.32 Å². The monoisotopic (exact) mass is 1110 g/mol. The minimum Gasteiger partial charge on any atom is -0.456 e. The summed E-state index contributed by atoms with van der Waals surface area (Å²) in [6.45, 7) is 6.92. The summed E-state index contributed by atoms with van der Waals surface area (Å²) in [6, 6.07) is -0.851. The Morgan fingerprint density at radius 2 is 0.821 bits per heavy atom. The molecular weight excluding hydrogens is 988 g/mol. The van der Waals surface area contributed by atoms with Crippen LogP contribution in [0.5, 0.6) is 0 Å². The molecule has 0 aliphatic carbocycles. The number of rotatable bonds is 59. The molecule has 0 bridgehead atoms. The summed E-state index contributed by atoms with van der Waals surface area (Å²) in [5.74, 6) is -0.504. The van der Waals surface area contributed by atoms with Crippen molar-refractivity contribution >= 4 is 19.7 Å². The Morgan fingerprint density at radius 1 is 0.462 bits per heavy atom. The number of nitrogens with zero attached hydrogens (tertiary/aromatic N) is 1. The van der Waals surface area contributed by atoms with E-state index in [0.717, 1.165) is 103 Å². The van der Waals surface area contributed by atoms with E-state index in [1.54, 1.807) is 0 Å². The lowest BCUT2D eigenvalue weighted by Gasteiger charge is -2.27. The highest BCUT2D eigenvalue weighted by atomic mass is 31.2. The fourth-order valence-electron chi connectivity index (χ4n) is 9.38. The van der Waals surface area contributed by atoms with E-state index in [9.17, 15) is 19.0 Å². The van der Waals surface area contributed by atoms with E-state index in [-0.39, 0.29) is 31.5 Å². The molecule has 2 N–H and O–H groups in total. The molecule has 0 heterocycles. The third-order valence-corrected chi connectivity index (χ3v) is 15.4. The van der Waals surface area contributed by atoms with Crippen molar-refractivity contribution in [2.45, 2.75) is 309 Å². The lowest BCUT2D eigenvalue weighted by atomic mass is 10.0. The number of ether oxygens (including phenoxy) is 1. The van der Waals surface area contributed by atoms with Crippen LogP contribution in [0.4, 0.5) is 0 Å². The van der Waals surface area contributed by atoms with E-state index >= 15 is 0 Å². The van der Waals surface area contributed by atoms with Gasteiger partial charge < -0.3 is 19.4 Å². The van der Waals surface area contributed by atoms with Crippen molar-refractivity contribution in [1.29, 1.82) is 0 Å². The highest BCUT2D eigenvalue weighted by Gasteiger charge is 2.30. The van der Waals surface area contributed by atoms with Gasteiger partial charge in [-0.2, -0.15) is 0 Å². The van der Waals surface area contributed by atoms with Gasteiger partial charge in [0.1, 0.15) is 19.3 Å². The van der Waals surface area contributed by atoms with Crippen LogP contribution in [0.3, 0.4) is 0 Å². The van der Waals surface area contributed by atoms with E-state index in [4.69, 9.17) is 13.8 Å². The van der Waals surface area contributed by atoms with Crippen LogP contribution in [0.2, 0.25) is 0 Å². The van der Waals surface area contributed by atoms with Gasteiger partial charge in [0.25, 0.3) is 0 Å². The number of nitrogens with one attached hydrogen (secondary N) is 1. The molecule has 0 aliphatic heterocycles. The van der Waals surface area contributed by atoms with Crippen LogP contribution in [0.25, 0.3) is 0 Å². The smallest absolute Gasteiger partial charge is 0.456 e. The predicted octanol–water partition coefficient (Wildman–Crippen LogP) is 20.4. The Kier molecular flexibility index (Phi) is 55.8. The van der Waals surface area contributed by atoms with Crippen LogP contribution in [0.15, 0.2) is 72.9 Å². The molecule has 10 heteroatoms. The standard InChI is InChI=1S/C68H125N2O7P/c1-7-10-13-16-19-22-25-28-30-31-32-33-34-35-36-37-38-39-40-43-46-49-52-55-58-61-68(72)77-66(59-56-53-50-47-44-41-27-24-21-18-15-12-9-3)65(64-76-78(73,74)75-63-62-70(4,5)6)69-67(71)60-57-54-51-48-45-42-29-26-23-20-17-14-11-8-2/h10,13,19,22,28,30,32-33,35-36,56,59,65-66H,7-9,11-12,14-18,20-21,23-27,29,31,34,37-55,57-58,60-64H2,1-6H3,(H-,69,71,73,74)/p+1/b13-10-,22-19-,30-28-,33-32-,36-35-,59-56-. The number of phosphoric ester groups is 1. The predicted molar refractivity (Wildman–Crippen MR) is 337 cm³/mol. The summed E-state index contributed by atoms with van der Waals surface area (Å²) in [7, 11) is 1.50. The first-order valence-corrected chi connectivity index (χ1v) is 34.3. The average molecular weight is 1110 g/mol. The zero-order valence-corrected chi connectivity index (χ0v) is 52.8. The number of hydrogen-bond acceptors (Lipinski definition) is 6. The molecule has 0 radical (unpaired) electrons. The Bertz CT molecular complexity index is 1570. The van der Waals surface area contributed by atoms with Crippen LogP contribution < -0.4 is 5.32 Å². The van der Waals surface area contributed by atoms with Crippen LogP contribution in [-0.4, -0.2) is 74.3 Å². The normalized spacial score (nSPS) is 14.1. The van der Waals surface area contributed by atoms with E-state index < -0.39 is 20.0 Å². The summed E-state index contributed by atoms with van der Waals surface area (Å²) in [4.78, 5) is 37.8. The first-order valence-electron chi connectivity index (χ1n) is 32.8. The Balaban J connectivity index is 5.16. The van der Waals surface area contributed by atoms with Gasteiger partial charge in [0, 0.05) is 12.8 Å². The van der Waals surface area contributed by atoms with E-state index in [2.05, 4.69) is 86.8 Å². The highest BCUT2D eigenvalue weighted by Crippen LogP contribution is 2.43. The number of likely N-dealkylation sites (N-methyl/N-ethyl adjacent to an activating group) is 1. The van der Waals surface area contributed by atoms with Gasteiger partial charge in [0.2, 0.25) is 5.91 Å². The number of carbonyl (C=O) groups excluding carboxylic acids is 2. The molecule has 0 saturated carbocycles. The molecule has 9 nitrogen and oxygen atoms in total. The van der Waals surface area contributed by atoms with Gasteiger partial charge in [-0.05, 0) is 76.7 Å². The zero-order valence-electron chi connectivity index (χ0n) is 51.9. The Labute approximate surface area is 483 Å². The summed E-state index contributed by atoms with van der Waals surface area (Å²) in [6.07, 6.45) is 74.7. The number of phosphoric acid groups is 1. The molecule has 1 amide bonds. The number of quaternary nitrogens is 1. The first kappa shape index (κ1) is 75.5. The van der Waals surface area contributed by atoms with Crippen molar-refractivity contribution < 1.29 is 37.3 Å². The zero-order chi connectivity index (χ0) is 57.2. The highest BCUT2D eigenvalue weighted by molar-refractivity contribution is 7.47. The molecule has 0 saturated heterocycles. The molecule has 0 aromatic heterocycles. The molecule has 0 spiro atoms. The lowest BCUT2D eigenvalue weighted by molar-refractivity contribution is -0.870. The second-order valence-electron chi connectivity index (χ2n) is 23.3. The molecular formula is C68H126N2O7P+. The van der Waals surface area contributed by atoms with Crippen LogP contribution in [0.1, 0.15) is 297 Å². The van der Waals surface area contributed by atoms with E-state index in [1.165, 1.54) is 161 Å². The molecule has 0 aliphatic rings. The minimum atomic E-state index is -4.45. The van der Waals surface area contributed by atoms with E-state index in [1.807, 2.05) is 33.3 Å². The van der Waals surface area contributed by atoms with Gasteiger partial charge in [0.05, 0.1) is 33.8 Å². The second kappa shape index (κ2) is 57.7. The molecule has 3 atom stereocenters. The largest absolute Gasteiger partial charge is 0.472 e. The summed E-state index contributed by atoms with van der Waals surface area (Å²) >= 11 is 0. The van der Waals surface area contributed by atoms with Gasteiger partial charge >= 0.3 is 13.8 Å². The molecule has 0 aromatic rings. The summed E-state index contributed by atoms with van der Waals surface area (Å²) in [5, 5.41) is 3.06. The molecule has 0 aromatic carbocycles. The van der Waals surface area contributed by atoms with Crippen molar-refractivity contribution in [3.05, 3.63) is 72.9 Å². The van der Waals surface area contributed by atoms with Gasteiger partial charge in [0.15, 0.2) is 0 Å². The van der Waals surface area contributed by atoms with Crippen LogP contribution >= 0.6 is 7.82 Å².